The molecule has 0 aliphatic carbocycles. The maximum absolute atomic E-state index is 14.3. The third-order valence-electron chi connectivity index (χ3n) is 9.61. The van der Waals surface area contributed by atoms with Crippen molar-refractivity contribution in [2.75, 3.05) is 19.6 Å². The first-order chi connectivity index (χ1) is 27.0. The quantitative estimate of drug-likeness (QED) is 0.0316. The van der Waals surface area contributed by atoms with Crippen LogP contribution in [0, 0.1) is 0 Å². The van der Waals surface area contributed by atoms with E-state index in [2.05, 4.69) is 32.9 Å². The van der Waals surface area contributed by atoms with E-state index in [4.69, 9.17) is 17.2 Å². The van der Waals surface area contributed by atoms with E-state index in [1.165, 1.54) is 0 Å². The highest BCUT2D eigenvalue weighted by atomic mass is 16.3. The zero-order valence-corrected chi connectivity index (χ0v) is 32.2. The molecule has 0 saturated carbocycles. The van der Waals surface area contributed by atoms with Crippen LogP contribution in [0.1, 0.15) is 68.6 Å². The number of aromatic amines is 1. The Labute approximate surface area is 328 Å². The maximum atomic E-state index is 14.3. The van der Waals surface area contributed by atoms with E-state index < -0.39 is 36.0 Å². The second-order valence-electron chi connectivity index (χ2n) is 14.1. The Morgan fingerprint density at radius 1 is 0.786 bits per heavy atom. The lowest BCUT2D eigenvalue weighted by atomic mass is 10.0. The monoisotopic (exact) mass is 767 g/mol. The molecule has 4 aromatic rings. The zero-order chi connectivity index (χ0) is 40.3. The predicted octanol–water partition coefficient (Wildman–Crippen LogP) is 3.76. The van der Waals surface area contributed by atoms with Gasteiger partial charge in [-0.2, -0.15) is 0 Å². The molecule has 5 amide bonds. The van der Waals surface area contributed by atoms with Crippen LogP contribution < -0.4 is 33.2 Å². The van der Waals surface area contributed by atoms with E-state index in [1.807, 2.05) is 60.8 Å². The number of guanidine groups is 1. The largest absolute Gasteiger partial charge is 0.508 e. The molecule has 14 heteroatoms. The number of benzene rings is 3. The number of primary amides is 1. The Morgan fingerprint density at radius 3 is 2.21 bits per heavy atom. The fourth-order valence-electron chi connectivity index (χ4n) is 6.61. The molecule has 0 aliphatic heterocycles. The van der Waals surface area contributed by atoms with E-state index in [-0.39, 0.29) is 50.0 Å². The summed E-state index contributed by atoms with van der Waals surface area (Å²) in [4.78, 5) is 63.2. The summed E-state index contributed by atoms with van der Waals surface area (Å²) >= 11 is 0. The van der Waals surface area contributed by atoms with Crippen LogP contribution in [0.4, 0.5) is 4.79 Å². The molecule has 0 spiro atoms. The Balaban J connectivity index is 1.56. The molecule has 0 aliphatic rings. The first kappa shape index (κ1) is 42.7. The van der Waals surface area contributed by atoms with E-state index in [9.17, 15) is 24.3 Å². The minimum Gasteiger partial charge on any atom is -0.508 e. The number of aliphatic imine (C=N–C) groups is 1. The molecule has 1 aromatic heterocycles. The van der Waals surface area contributed by atoms with Gasteiger partial charge in [-0.15, -0.1) is 0 Å². The number of H-pyrrole nitrogens is 1. The Bertz CT molecular complexity index is 1880. The number of phenolic OH excluding ortho intramolecular Hbond substituents is 1. The summed E-state index contributed by atoms with van der Waals surface area (Å²) in [5.41, 5.74) is 20.5. The summed E-state index contributed by atoms with van der Waals surface area (Å²) in [6.45, 7) is 2.95. The predicted molar refractivity (Wildman–Crippen MR) is 220 cm³/mol. The van der Waals surface area contributed by atoms with Crippen molar-refractivity contribution >= 4 is 40.6 Å². The van der Waals surface area contributed by atoms with E-state index in [0.29, 0.717) is 25.8 Å². The van der Waals surface area contributed by atoms with Crippen LogP contribution in [0.15, 0.2) is 90.1 Å². The molecular weight excluding hydrogens is 711 g/mol. The highest BCUT2D eigenvalue weighted by molar-refractivity contribution is 5.92. The number of aryl methyl sites for hydroxylation is 1. The van der Waals surface area contributed by atoms with Gasteiger partial charge in [-0.05, 0) is 67.0 Å². The van der Waals surface area contributed by atoms with Gasteiger partial charge in [0.25, 0.3) is 0 Å². The van der Waals surface area contributed by atoms with Crippen molar-refractivity contribution in [3.63, 3.8) is 0 Å². The number of nitrogens with two attached hydrogens (primary N) is 3. The van der Waals surface area contributed by atoms with Crippen LogP contribution in [0.2, 0.25) is 0 Å². The topological polar surface area (TPSA) is 234 Å². The van der Waals surface area contributed by atoms with Gasteiger partial charge in [0.15, 0.2) is 5.96 Å². The van der Waals surface area contributed by atoms with Crippen LogP contribution in [-0.4, -0.2) is 82.5 Å². The number of phenols is 1. The zero-order valence-electron chi connectivity index (χ0n) is 32.2. The molecule has 0 fully saturated rings. The van der Waals surface area contributed by atoms with Crippen molar-refractivity contribution in [1.29, 1.82) is 0 Å². The van der Waals surface area contributed by atoms with Crippen molar-refractivity contribution in [3.05, 3.63) is 102 Å². The van der Waals surface area contributed by atoms with Crippen molar-refractivity contribution in [2.45, 2.75) is 89.3 Å². The molecular formula is C42H57N9O5. The fraction of sp³-hybridized carbons (Fsp3) is 0.405. The highest BCUT2D eigenvalue weighted by Gasteiger charge is 2.29. The van der Waals surface area contributed by atoms with Gasteiger partial charge in [-0.3, -0.25) is 19.4 Å². The second-order valence-corrected chi connectivity index (χ2v) is 14.1. The van der Waals surface area contributed by atoms with Crippen LogP contribution in [0.5, 0.6) is 5.75 Å². The lowest BCUT2D eigenvalue weighted by Crippen LogP contribution is -2.57. The number of hydrogen-bond acceptors (Lipinski definition) is 6. The first-order valence-corrected chi connectivity index (χ1v) is 19.4. The number of hydrogen-bond donors (Lipinski definition) is 8. The van der Waals surface area contributed by atoms with E-state index in [1.54, 1.807) is 29.2 Å². The minimum absolute atomic E-state index is 0.0859. The second kappa shape index (κ2) is 22.4. The Hall–Kier alpha value is -6.05. The van der Waals surface area contributed by atoms with Gasteiger partial charge in [0, 0.05) is 49.6 Å². The van der Waals surface area contributed by atoms with Crippen molar-refractivity contribution in [2.24, 2.45) is 22.2 Å². The summed E-state index contributed by atoms with van der Waals surface area (Å²) in [6.07, 6.45) is 7.34. The average Bonchev–Trinajstić information content (AvgIpc) is 3.59. The average molecular weight is 768 g/mol. The molecule has 3 unspecified atom stereocenters. The van der Waals surface area contributed by atoms with Gasteiger partial charge in [0.1, 0.15) is 17.8 Å². The molecule has 0 radical (unpaired) electrons. The van der Waals surface area contributed by atoms with Crippen LogP contribution in [-0.2, 0) is 33.6 Å². The molecule has 300 valence electrons. The summed E-state index contributed by atoms with van der Waals surface area (Å²) < 4.78 is 0. The third-order valence-corrected chi connectivity index (χ3v) is 9.61. The number of aromatic hydroxyl groups is 1. The molecule has 4 rings (SSSR count). The molecule has 1 heterocycles. The minimum atomic E-state index is -1.03. The number of carbonyl (C=O) groups excluding carboxylic acids is 4. The number of aromatic nitrogens is 1. The van der Waals surface area contributed by atoms with Gasteiger partial charge in [-0.1, -0.05) is 86.8 Å². The summed E-state index contributed by atoms with van der Waals surface area (Å²) in [7, 11) is 0. The van der Waals surface area contributed by atoms with Crippen molar-refractivity contribution < 1.29 is 24.3 Å². The smallest absolute Gasteiger partial charge is 0.314 e. The number of urea groups is 1. The lowest BCUT2D eigenvalue weighted by molar-refractivity contribution is -0.132. The molecule has 3 atom stereocenters. The lowest BCUT2D eigenvalue weighted by Gasteiger charge is -2.29. The molecule has 11 N–H and O–H groups in total. The van der Waals surface area contributed by atoms with Gasteiger partial charge in [0.05, 0.1) is 6.04 Å². The maximum Gasteiger partial charge on any atom is 0.314 e. The van der Waals surface area contributed by atoms with E-state index in [0.717, 1.165) is 53.3 Å². The van der Waals surface area contributed by atoms with Gasteiger partial charge < -0.3 is 48.1 Å². The van der Waals surface area contributed by atoms with Gasteiger partial charge in [-0.25, -0.2) is 4.79 Å². The summed E-state index contributed by atoms with van der Waals surface area (Å²) in [6, 6.07) is 20.6. The summed E-state index contributed by atoms with van der Waals surface area (Å²) in [5, 5.41) is 19.5. The number of nitrogens with zero attached hydrogens (tertiary/aromatic N) is 2. The third kappa shape index (κ3) is 14.3. The first-order valence-electron chi connectivity index (χ1n) is 19.4. The summed E-state index contributed by atoms with van der Waals surface area (Å²) in [5.74, 6) is -1.28. The molecule has 14 nitrogen and oxygen atoms in total. The number of carbonyl (C=O) groups is 4. The van der Waals surface area contributed by atoms with Crippen LogP contribution in [0.3, 0.4) is 0 Å². The molecule has 3 aromatic carbocycles. The number of fused-ring (bicyclic) bond motifs is 1. The molecule has 0 saturated heterocycles. The van der Waals surface area contributed by atoms with Crippen molar-refractivity contribution in [3.8, 4) is 5.75 Å². The molecule has 0 bridgehead atoms. The Morgan fingerprint density at radius 2 is 1.50 bits per heavy atom. The van der Waals surface area contributed by atoms with Crippen molar-refractivity contribution in [1.82, 2.24) is 25.8 Å². The normalized spacial score (nSPS) is 12.6. The number of rotatable bonds is 23. The standard InChI is InChI=1S/C42H57N9O5/c1-2-3-4-10-24-51(42(45)56)28-32(26-31-27-47-35-15-9-8-14-34(31)35)48-39(54)36(16-11-23-46-41(43)44)50-40(55)37(25-30-12-6-5-7-13-30)49-38(53)22-19-29-17-20-33(52)21-18-29/h5-9,12-15,17-18,20-21,27,32,36-37,47,52H,2-4,10-11,16,19,22-26,28H2,1H3,(H2,45,56)(H,48,54)(H,49,53)(H,50,55)(H4,43,44,46). The van der Waals surface area contributed by atoms with Gasteiger partial charge >= 0.3 is 6.03 Å². The fourth-order valence-corrected chi connectivity index (χ4v) is 6.61. The SMILES string of the molecule is CCCCCCN(CC(Cc1c[nH]c2ccccc12)NC(=O)C(CCCN=C(N)N)NC(=O)C(Cc1ccccc1)NC(=O)CCc1ccc(O)cc1)C(N)=O. The number of amides is 5. The number of para-hydroxylation sites is 1. The van der Waals surface area contributed by atoms with Gasteiger partial charge in [0.2, 0.25) is 17.7 Å². The highest BCUT2D eigenvalue weighted by Crippen LogP contribution is 2.20. The number of unbranched alkanes of at least 4 members (excludes halogenated alkanes) is 3. The number of nitrogens with one attached hydrogen (secondary N) is 4. The Kier molecular flexibility index (Phi) is 17.0. The van der Waals surface area contributed by atoms with E-state index >= 15 is 0 Å². The van der Waals surface area contributed by atoms with Crippen LogP contribution >= 0.6 is 0 Å². The van der Waals surface area contributed by atoms with Crippen LogP contribution in [0.25, 0.3) is 10.9 Å². The molecule has 56 heavy (non-hydrogen) atoms.